The molecular formula is C15H22N2OS. The van der Waals surface area contributed by atoms with E-state index in [9.17, 15) is 4.79 Å². The van der Waals surface area contributed by atoms with Crippen molar-refractivity contribution in [3.05, 3.63) is 47.6 Å². The highest BCUT2D eigenvalue weighted by molar-refractivity contribution is 7.96. The Kier molecular flexibility index (Phi) is 9.35. The van der Waals surface area contributed by atoms with Crippen LogP contribution in [0.25, 0.3) is 12.2 Å². The minimum Gasteiger partial charge on any atom is -0.361 e. The molecule has 1 rings (SSSR count). The Balaban J connectivity index is 0.00000154. The van der Waals surface area contributed by atoms with Gasteiger partial charge in [-0.05, 0) is 18.1 Å². The summed E-state index contributed by atoms with van der Waals surface area (Å²) in [6, 6.07) is 0. The number of rotatable bonds is 5. The zero-order valence-electron chi connectivity index (χ0n) is 11.6. The standard InChI is InChI=1S/C13H16N2OS.C2H6/c1-3-5-11-10(7-8-14-13(16)17)9-15-12(11)6-4-2;1-2/h3-6,9,15H,1-2,7-8H2,(H2,14,16,17);1-2H3/b11-5-,12-6+;. The maximum atomic E-state index is 10.7. The van der Waals surface area contributed by atoms with Crippen molar-refractivity contribution >= 4 is 30.0 Å². The number of thiol groups is 1. The first-order chi connectivity index (χ1) is 9.19. The molecule has 0 saturated carbocycles. The Morgan fingerprint density at radius 1 is 1.37 bits per heavy atom. The van der Waals surface area contributed by atoms with Crippen molar-refractivity contribution in [2.24, 2.45) is 0 Å². The lowest BCUT2D eigenvalue weighted by Gasteiger charge is -1.99. The zero-order chi connectivity index (χ0) is 14.7. The van der Waals surface area contributed by atoms with E-state index in [-0.39, 0.29) is 5.24 Å². The Morgan fingerprint density at radius 3 is 2.53 bits per heavy atom. The predicted octanol–water partition coefficient (Wildman–Crippen LogP) is 2.16. The fraction of sp³-hybridized carbons (Fsp3) is 0.267. The molecule has 0 aliphatic carbocycles. The summed E-state index contributed by atoms with van der Waals surface area (Å²) in [5.74, 6) is 0. The molecule has 0 bridgehead atoms. The SMILES string of the molecule is C=C/C=c1/c(CCNC(=O)S)c[nH]/c1=C/C=C.CC. The third-order valence-corrected chi connectivity index (χ3v) is 2.44. The molecule has 0 saturated heterocycles. The summed E-state index contributed by atoms with van der Waals surface area (Å²) in [5, 5.41) is 4.40. The van der Waals surface area contributed by atoms with Gasteiger partial charge >= 0.3 is 0 Å². The summed E-state index contributed by atoms with van der Waals surface area (Å²) in [7, 11) is 0. The third-order valence-electron chi connectivity index (χ3n) is 2.28. The van der Waals surface area contributed by atoms with Gasteiger partial charge < -0.3 is 10.3 Å². The maximum Gasteiger partial charge on any atom is 0.275 e. The molecular weight excluding hydrogens is 256 g/mol. The van der Waals surface area contributed by atoms with E-state index in [2.05, 4.69) is 36.1 Å². The molecule has 3 nitrogen and oxygen atoms in total. The molecule has 0 aromatic carbocycles. The van der Waals surface area contributed by atoms with Gasteiger partial charge in [0.25, 0.3) is 5.24 Å². The monoisotopic (exact) mass is 278 g/mol. The molecule has 19 heavy (non-hydrogen) atoms. The van der Waals surface area contributed by atoms with Crippen molar-refractivity contribution in [2.75, 3.05) is 6.54 Å². The van der Waals surface area contributed by atoms with Crippen LogP contribution in [0.1, 0.15) is 19.4 Å². The highest BCUT2D eigenvalue weighted by Crippen LogP contribution is 1.89. The van der Waals surface area contributed by atoms with Crippen LogP contribution in [0.15, 0.2) is 31.5 Å². The third kappa shape index (κ3) is 6.15. The molecule has 0 aliphatic rings. The molecule has 0 aliphatic heterocycles. The van der Waals surface area contributed by atoms with Gasteiger partial charge in [-0.2, -0.15) is 0 Å². The van der Waals surface area contributed by atoms with Crippen molar-refractivity contribution < 1.29 is 4.79 Å². The predicted molar refractivity (Wildman–Crippen MR) is 86.8 cm³/mol. The molecule has 4 heteroatoms. The van der Waals surface area contributed by atoms with E-state index in [1.54, 1.807) is 12.2 Å². The quantitative estimate of drug-likeness (QED) is 0.710. The Hall–Kier alpha value is -1.68. The minimum atomic E-state index is -0.312. The van der Waals surface area contributed by atoms with Crippen LogP contribution in [0.4, 0.5) is 4.79 Å². The van der Waals surface area contributed by atoms with Crippen LogP contribution >= 0.6 is 12.6 Å². The first kappa shape index (κ1) is 17.3. The molecule has 2 N–H and O–H groups in total. The molecule has 1 amide bonds. The van der Waals surface area contributed by atoms with Gasteiger partial charge in [-0.1, -0.05) is 57.9 Å². The number of hydrogen-bond acceptors (Lipinski definition) is 1. The fourth-order valence-electron chi connectivity index (χ4n) is 1.57. The minimum absolute atomic E-state index is 0.312. The molecule has 1 heterocycles. The number of carbonyl (C=O) groups is 1. The number of carbonyl (C=O) groups excluding carboxylic acids is 1. The van der Waals surface area contributed by atoms with E-state index in [1.807, 2.05) is 32.2 Å². The number of H-pyrrole nitrogens is 1. The molecule has 104 valence electrons. The Bertz CT molecular complexity index is 529. The lowest BCUT2D eigenvalue weighted by Crippen LogP contribution is -2.27. The van der Waals surface area contributed by atoms with Crippen LogP contribution in [0.3, 0.4) is 0 Å². The van der Waals surface area contributed by atoms with Crippen LogP contribution in [0.5, 0.6) is 0 Å². The normalized spacial score (nSPS) is 11.5. The summed E-state index contributed by atoms with van der Waals surface area (Å²) in [5.41, 5.74) is 1.13. The molecule has 0 fully saturated rings. The van der Waals surface area contributed by atoms with Crippen molar-refractivity contribution in [3.8, 4) is 0 Å². The number of aromatic amines is 1. The molecule has 0 atom stereocenters. The highest BCUT2D eigenvalue weighted by atomic mass is 32.1. The number of amides is 1. The first-order valence-electron chi connectivity index (χ1n) is 6.27. The van der Waals surface area contributed by atoms with E-state index in [0.29, 0.717) is 6.54 Å². The van der Waals surface area contributed by atoms with Gasteiger partial charge in [-0.3, -0.25) is 4.79 Å². The summed E-state index contributed by atoms with van der Waals surface area (Å²) >= 11 is 3.65. The lowest BCUT2D eigenvalue weighted by atomic mass is 10.2. The molecule has 0 unspecified atom stereocenters. The van der Waals surface area contributed by atoms with E-state index < -0.39 is 0 Å². The van der Waals surface area contributed by atoms with Crippen LogP contribution in [0.2, 0.25) is 0 Å². The smallest absolute Gasteiger partial charge is 0.275 e. The molecule has 0 spiro atoms. The number of aromatic nitrogens is 1. The van der Waals surface area contributed by atoms with E-state index in [1.165, 1.54) is 0 Å². The van der Waals surface area contributed by atoms with Gasteiger partial charge in [0.1, 0.15) is 0 Å². The van der Waals surface area contributed by atoms with Crippen LogP contribution in [-0.2, 0) is 6.42 Å². The summed E-state index contributed by atoms with van der Waals surface area (Å²) < 4.78 is 0. The van der Waals surface area contributed by atoms with Crippen molar-refractivity contribution in [3.63, 3.8) is 0 Å². The fourth-order valence-corrected chi connectivity index (χ4v) is 1.69. The van der Waals surface area contributed by atoms with Crippen molar-refractivity contribution in [2.45, 2.75) is 20.3 Å². The van der Waals surface area contributed by atoms with Crippen molar-refractivity contribution in [1.29, 1.82) is 0 Å². The zero-order valence-corrected chi connectivity index (χ0v) is 12.5. The second-order valence-corrected chi connectivity index (χ2v) is 3.83. The second-order valence-electron chi connectivity index (χ2n) is 3.43. The number of hydrogen-bond donors (Lipinski definition) is 3. The average Bonchev–Trinajstić information content (AvgIpc) is 2.76. The van der Waals surface area contributed by atoms with Gasteiger partial charge in [0.2, 0.25) is 0 Å². The Labute approximate surface area is 120 Å². The summed E-state index contributed by atoms with van der Waals surface area (Å²) in [6.07, 6.45) is 9.97. The van der Waals surface area contributed by atoms with Gasteiger partial charge in [0, 0.05) is 23.3 Å². The van der Waals surface area contributed by atoms with Crippen molar-refractivity contribution in [1.82, 2.24) is 10.3 Å². The second kappa shape index (κ2) is 10.3. The topological polar surface area (TPSA) is 44.9 Å². The van der Waals surface area contributed by atoms with E-state index in [4.69, 9.17) is 0 Å². The molecule has 0 radical (unpaired) electrons. The van der Waals surface area contributed by atoms with E-state index >= 15 is 0 Å². The maximum absolute atomic E-state index is 10.7. The van der Waals surface area contributed by atoms with E-state index in [0.717, 1.165) is 22.6 Å². The number of nitrogens with one attached hydrogen (secondary N) is 2. The molecule has 1 aromatic rings. The van der Waals surface area contributed by atoms with Gasteiger partial charge in [0.05, 0.1) is 0 Å². The largest absolute Gasteiger partial charge is 0.361 e. The van der Waals surface area contributed by atoms with Gasteiger partial charge in [-0.15, -0.1) is 0 Å². The highest BCUT2D eigenvalue weighted by Gasteiger charge is 1.99. The Morgan fingerprint density at radius 2 is 2.00 bits per heavy atom. The average molecular weight is 278 g/mol. The van der Waals surface area contributed by atoms with Crippen LogP contribution in [0, 0.1) is 0 Å². The summed E-state index contributed by atoms with van der Waals surface area (Å²) in [6.45, 7) is 11.9. The van der Waals surface area contributed by atoms with Crippen LogP contribution in [-0.4, -0.2) is 16.8 Å². The van der Waals surface area contributed by atoms with Gasteiger partial charge in [0.15, 0.2) is 0 Å². The number of allylic oxidation sites excluding steroid dienone is 2. The van der Waals surface area contributed by atoms with Crippen LogP contribution < -0.4 is 15.9 Å². The van der Waals surface area contributed by atoms with Gasteiger partial charge in [-0.25, -0.2) is 0 Å². The first-order valence-corrected chi connectivity index (χ1v) is 6.72. The lowest BCUT2D eigenvalue weighted by molar-refractivity contribution is 0.261. The summed E-state index contributed by atoms with van der Waals surface area (Å²) in [4.78, 5) is 13.8. The molecule has 1 aromatic heterocycles.